The van der Waals surface area contributed by atoms with Crippen molar-refractivity contribution in [2.24, 2.45) is 11.8 Å². The van der Waals surface area contributed by atoms with Crippen molar-refractivity contribution >= 4 is 0 Å². The lowest BCUT2D eigenvalue weighted by Gasteiger charge is -2.16. The summed E-state index contributed by atoms with van der Waals surface area (Å²) in [7, 11) is 0. The van der Waals surface area contributed by atoms with Crippen molar-refractivity contribution in [1.29, 1.82) is 0 Å². The third-order valence-corrected chi connectivity index (χ3v) is 3.49. The Kier molecular flexibility index (Phi) is 4.54. The standard InChI is InChI=1S/C14H20O3/c15-8-12-6-14(16)7-13(12)10-17-9-11-4-2-1-3-5-11/h1-5,12-16H,6-10H2/t12-,13-,14+/m0/s1. The third-order valence-electron chi connectivity index (χ3n) is 3.49. The smallest absolute Gasteiger partial charge is 0.0717 e. The van der Waals surface area contributed by atoms with Gasteiger partial charge in [-0.2, -0.15) is 0 Å². The Morgan fingerprint density at radius 3 is 2.53 bits per heavy atom. The van der Waals surface area contributed by atoms with Crippen LogP contribution in [0, 0.1) is 11.8 Å². The van der Waals surface area contributed by atoms with Gasteiger partial charge in [-0.3, -0.25) is 0 Å². The van der Waals surface area contributed by atoms with Crippen LogP contribution in [0.15, 0.2) is 30.3 Å². The zero-order chi connectivity index (χ0) is 12.1. The molecule has 1 aromatic carbocycles. The molecule has 0 unspecified atom stereocenters. The van der Waals surface area contributed by atoms with E-state index >= 15 is 0 Å². The first-order chi connectivity index (χ1) is 8.29. The first kappa shape index (κ1) is 12.6. The van der Waals surface area contributed by atoms with Gasteiger partial charge < -0.3 is 14.9 Å². The van der Waals surface area contributed by atoms with Crippen molar-refractivity contribution in [3.8, 4) is 0 Å². The summed E-state index contributed by atoms with van der Waals surface area (Å²) in [5, 5.41) is 18.8. The van der Waals surface area contributed by atoms with Crippen LogP contribution < -0.4 is 0 Å². The molecule has 17 heavy (non-hydrogen) atoms. The highest BCUT2D eigenvalue weighted by Gasteiger charge is 2.32. The van der Waals surface area contributed by atoms with Crippen LogP contribution in [0.3, 0.4) is 0 Å². The molecule has 3 heteroatoms. The number of ether oxygens (including phenoxy) is 1. The van der Waals surface area contributed by atoms with Crippen molar-refractivity contribution in [2.75, 3.05) is 13.2 Å². The second-order valence-corrected chi connectivity index (χ2v) is 4.83. The highest BCUT2D eigenvalue weighted by molar-refractivity contribution is 5.13. The Labute approximate surface area is 102 Å². The first-order valence-corrected chi connectivity index (χ1v) is 6.20. The van der Waals surface area contributed by atoms with Gasteiger partial charge in [-0.15, -0.1) is 0 Å². The first-order valence-electron chi connectivity index (χ1n) is 6.20. The molecule has 2 rings (SSSR count). The van der Waals surface area contributed by atoms with Crippen molar-refractivity contribution in [3.63, 3.8) is 0 Å². The van der Waals surface area contributed by atoms with E-state index in [1.165, 1.54) is 0 Å². The van der Waals surface area contributed by atoms with Crippen molar-refractivity contribution in [3.05, 3.63) is 35.9 Å². The van der Waals surface area contributed by atoms with Crippen LogP contribution in [-0.2, 0) is 11.3 Å². The SMILES string of the molecule is OC[C@@H]1C[C@@H](O)C[C@H]1COCc1ccccc1. The van der Waals surface area contributed by atoms with Crippen LogP contribution >= 0.6 is 0 Å². The molecular weight excluding hydrogens is 216 g/mol. The van der Waals surface area contributed by atoms with E-state index in [9.17, 15) is 10.2 Å². The van der Waals surface area contributed by atoms with E-state index in [2.05, 4.69) is 0 Å². The molecule has 2 N–H and O–H groups in total. The quantitative estimate of drug-likeness (QED) is 0.816. The van der Waals surface area contributed by atoms with E-state index in [1.54, 1.807) is 0 Å². The fraction of sp³-hybridized carbons (Fsp3) is 0.571. The van der Waals surface area contributed by atoms with Gasteiger partial charge in [0.25, 0.3) is 0 Å². The molecule has 1 aliphatic rings. The van der Waals surface area contributed by atoms with Gasteiger partial charge in [0, 0.05) is 6.61 Å². The van der Waals surface area contributed by atoms with E-state index < -0.39 is 0 Å². The number of aliphatic hydroxyl groups is 2. The highest BCUT2D eigenvalue weighted by atomic mass is 16.5. The molecule has 3 atom stereocenters. The lowest BCUT2D eigenvalue weighted by atomic mass is 9.98. The molecular formula is C14H20O3. The minimum absolute atomic E-state index is 0.149. The third kappa shape index (κ3) is 3.53. The summed E-state index contributed by atoms with van der Waals surface area (Å²) in [6.45, 7) is 1.37. The normalized spacial score (nSPS) is 28.5. The van der Waals surface area contributed by atoms with Crippen LogP contribution in [0.1, 0.15) is 18.4 Å². The minimum Gasteiger partial charge on any atom is -0.396 e. The van der Waals surface area contributed by atoms with Crippen LogP contribution in [0.25, 0.3) is 0 Å². The van der Waals surface area contributed by atoms with E-state index in [0.717, 1.165) is 12.0 Å². The summed E-state index contributed by atoms with van der Waals surface area (Å²) >= 11 is 0. The molecule has 1 fully saturated rings. The number of benzene rings is 1. The minimum atomic E-state index is -0.266. The van der Waals surface area contributed by atoms with Gasteiger partial charge >= 0.3 is 0 Å². The van der Waals surface area contributed by atoms with Gasteiger partial charge in [0.05, 0.1) is 19.3 Å². The molecule has 0 radical (unpaired) electrons. The number of hydrogen-bond donors (Lipinski definition) is 2. The summed E-state index contributed by atoms with van der Waals surface area (Å²) < 4.78 is 5.66. The maximum atomic E-state index is 9.55. The predicted molar refractivity (Wildman–Crippen MR) is 65.4 cm³/mol. The van der Waals surface area contributed by atoms with Crippen LogP contribution in [0.5, 0.6) is 0 Å². The summed E-state index contributed by atoms with van der Waals surface area (Å²) in [5.74, 6) is 0.486. The lowest BCUT2D eigenvalue weighted by Crippen LogP contribution is -2.17. The van der Waals surface area contributed by atoms with Crippen LogP contribution in [0.4, 0.5) is 0 Å². The van der Waals surface area contributed by atoms with Crippen molar-refractivity contribution in [1.82, 2.24) is 0 Å². The predicted octanol–water partition coefficient (Wildman–Crippen LogP) is 1.58. The van der Waals surface area contributed by atoms with Crippen molar-refractivity contribution in [2.45, 2.75) is 25.6 Å². The zero-order valence-electron chi connectivity index (χ0n) is 9.96. The molecule has 3 nitrogen and oxygen atoms in total. The fourth-order valence-corrected chi connectivity index (χ4v) is 2.51. The molecule has 0 spiro atoms. The Hall–Kier alpha value is -0.900. The molecule has 0 aliphatic heterocycles. The molecule has 94 valence electrons. The maximum absolute atomic E-state index is 9.55. The fourth-order valence-electron chi connectivity index (χ4n) is 2.51. The molecule has 0 saturated heterocycles. The van der Waals surface area contributed by atoms with Gasteiger partial charge in [0.15, 0.2) is 0 Å². The molecule has 0 aromatic heterocycles. The van der Waals surface area contributed by atoms with Gasteiger partial charge in [0.1, 0.15) is 0 Å². The van der Waals surface area contributed by atoms with Gasteiger partial charge in [-0.25, -0.2) is 0 Å². The second kappa shape index (κ2) is 6.15. The molecule has 1 aromatic rings. The van der Waals surface area contributed by atoms with Crippen LogP contribution in [-0.4, -0.2) is 29.5 Å². The van der Waals surface area contributed by atoms with E-state index in [4.69, 9.17) is 4.74 Å². The average Bonchev–Trinajstić information content (AvgIpc) is 2.71. The topological polar surface area (TPSA) is 49.7 Å². The number of aliphatic hydroxyl groups excluding tert-OH is 2. The molecule has 1 saturated carbocycles. The summed E-state index contributed by atoms with van der Waals surface area (Å²) in [4.78, 5) is 0. The summed E-state index contributed by atoms with van der Waals surface area (Å²) in [5.41, 5.74) is 1.16. The zero-order valence-corrected chi connectivity index (χ0v) is 9.96. The van der Waals surface area contributed by atoms with E-state index in [-0.39, 0.29) is 18.6 Å². The van der Waals surface area contributed by atoms with E-state index in [1.807, 2.05) is 30.3 Å². The summed E-state index contributed by atoms with van der Waals surface area (Å²) in [6.07, 6.45) is 1.19. The Bertz CT molecular complexity index is 325. The number of hydrogen-bond acceptors (Lipinski definition) is 3. The van der Waals surface area contributed by atoms with E-state index in [0.29, 0.717) is 25.6 Å². The molecule has 1 aliphatic carbocycles. The average molecular weight is 236 g/mol. The highest BCUT2D eigenvalue weighted by Crippen LogP contribution is 2.31. The van der Waals surface area contributed by atoms with Crippen molar-refractivity contribution < 1.29 is 14.9 Å². The maximum Gasteiger partial charge on any atom is 0.0717 e. The Morgan fingerprint density at radius 2 is 1.82 bits per heavy atom. The molecule has 0 amide bonds. The van der Waals surface area contributed by atoms with Gasteiger partial charge in [-0.05, 0) is 30.2 Å². The number of rotatable bonds is 5. The van der Waals surface area contributed by atoms with Gasteiger partial charge in [-0.1, -0.05) is 30.3 Å². The Morgan fingerprint density at radius 1 is 1.12 bits per heavy atom. The van der Waals surface area contributed by atoms with Crippen LogP contribution in [0.2, 0.25) is 0 Å². The molecule has 0 heterocycles. The largest absolute Gasteiger partial charge is 0.396 e. The molecule has 0 bridgehead atoms. The summed E-state index contributed by atoms with van der Waals surface area (Å²) in [6, 6.07) is 10.0. The second-order valence-electron chi connectivity index (χ2n) is 4.83. The lowest BCUT2D eigenvalue weighted by molar-refractivity contribution is 0.0597. The monoisotopic (exact) mass is 236 g/mol. The van der Waals surface area contributed by atoms with Gasteiger partial charge in [0.2, 0.25) is 0 Å². The Balaban J connectivity index is 1.75.